The SMILES string of the molecule is CC(C)OC(=O)[C@H](C)NP(=O)(OCC1=C(O)CC(C)[C@H](n2ccc(=S)[nH]c2=O)O1)Oc1ccccc1. The van der Waals surface area contributed by atoms with Gasteiger partial charge in [-0.2, -0.15) is 5.09 Å². The second-order valence-electron chi connectivity index (χ2n) is 8.59. The van der Waals surface area contributed by atoms with E-state index in [2.05, 4.69) is 10.1 Å². The van der Waals surface area contributed by atoms with Gasteiger partial charge in [-0.1, -0.05) is 37.3 Å². The van der Waals surface area contributed by atoms with E-state index in [1.807, 2.05) is 0 Å². The molecule has 0 radical (unpaired) electrons. The highest BCUT2D eigenvalue weighted by Gasteiger charge is 2.36. The van der Waals surface area contributed by atoms with Gasteiger partial charge in [0.1, 0.15) is 28.8 Å². The maximum absolute atomic E-state index is 13.6. The van der Waals surface area contributed by atoms with Crippen molar-refractivity contribution in [1.82, 2.24) is 14.6 Å². The third kappa shape index (κ3) is 7.30. The van der Waals surface area contributed by atoms with Gasteiger partial charge < -0.3 is 19.1 Å². The van der Waals surface area contributed by atoms with Crippen LogP contribution in [0.4, 0.5) is 0 Å². The van der Waals surface area contributed by atoms with Crippen molar-refractivity contribution in [3.8, 4) is 5.75 Å². The second kappa shape index (κ2) is 11.9. The summed E-state index contributed by atoms with van der Waals surface area (Å²) in [7, 11) is -4.18. The summed E-state index contributed by atoms with van der Waals surface area (Å²) in [5.74, 6) is -0.820. The number of nitrogens with zero attached hydrogens (tertiary/aromatic N) is 1. The average Bonchev–Trinajstić information content (AvgIpc) is 2.79. The molecule has 1 aliphatic rings. The zero-order chi connectivity index (χ0) is 26.5. The van der Waals surface area contributed by atoms with Crippen LogP contribution in [-0.4, -0.2) is 39.4 Å². The minimum Gasteiger partial charge on any atom is -0.509 e. The van der Waals surface area contributed by atoms with E-state index >= 15 is 0 Å². The summed E-state index contributed by atoms with van der Waals surface area (Å²) in [4.78, 5) is 27.2. The van der Waals surface area contributed by atoms with Crippen LogP contribution in [0.3, 0.4) is 0 Å². The molecule has 0 bridgehead atoms. The number of hydrogen-bond acceptors (Lipinski definition) is 9. The zero-order valence-electron chi connectivity index (χ0n) is 20.4. The third-order valence-electron chi connectivity index (χ3n) is 5.10. The van der Waals surface area contributed by atoms with Crippen LogP contribution >= 0.6 is 20.0 Å². The smallest absolute Gasteiger partial charge is 0.459 e. The summed E-state index contributed by atoms with van der Waals surface area (Å²) in [6.45, 7) is 6.20. The molecule has 0 fully saturated rings. The molecule has 2 unspecified atom stereocenters. The third-order valence-corrected chi connectivity index (χ3v) is 6.97. The first kappa shape index (κ1) is 27.7. The number of aliphatic hydroxyl groups excluding tert-OH is 1. The number of H-pyrrole nitrogens is 1. The van der Waals surface area contributed by atoms with Crippen molar-refractivity contribution in [3.63, 3.8) is 0 Å². The fraction of sp³-hybridized carbons (Fsp3) is 0.435. The second-order valence-corrected chi connectivity index (χ2v) is 10.7. The number of benzene rings is 1. The highest BCUT2D eigenvalue weighted by molar-refractivity contribution is 7.71. The summed E-state index contributed by atoms with van der Waals surface area (Å²) in [5.41, 5.74) is -0.474. The van der Waals surface area contributed by atoms with Gasteiger partial charge in [0.25, 0.3) is 0 Å². The fourth-order valence-electron chi connectivity index (χ4n) is 3.40. The van der Waals surface area contributed by atoms with Gasteiger partial charge >= 0.3 is 19.4 Å². The van der Waals surface area contributed by atoms with Crippen molar-refractivity contribution in [3.05, 3.63) is 69.2 Å². The lowest BCUT2D eigenvalue weighted by molar-refractivity contribution is -0.149. The van der Waals surface area contributed by atoms with Gasteiger partial charge in [0.15, 0.2) is 12.0 Å². The summed E-state index contributed by atoms with van der Waals surface area (Å²) < 4.78 is 37.5. The summed E-state index contributed by atoms with van der Waals surface area (Å²) in [5, 5.41) is 13.1. The van der Waals surface area contributed by atoms with Gasteiger partial charge in [-0.05, 0) is 39.0 Å². The van der Waals surface area contributed by atoms with Gasteiger partial charge in [0, 0.05) is 18.5 Å². The molecule has 2 aromatic rings. The molecule has 0 saturated heterocycles. The van der Waals surface area contributed by atoms with Crippen LogP contribution < -0.4 is 15.3 Å². The van der Waals surface area contributed by atoms with Crippen LogP contribution in [0.15, 0.2) is 58.9 Å². The van der Waals surface area contributed by atoms with Crippen LogP contribution in [0, 0.1) is 10.6 Å². The Bertz CT molecular complexity index is 1260. The Morgan fingerprint density at radius 2 is 2.00 bits per heavy atom. The quantitative estimate of drug-likeness (QED) is 0.226. The number of rotatable bonds is 10. The van der Waals surface area contributed by atoms with Crippen molar-refractivity contribution in [2.75, 3.05) is 6.61 Å². The molecular weight excluding hydrogens is 509 g/mol. The molecular formula is C23H30N3O8PS. The Morgan fingerprint density at radius 1 is 1.31 bits per heavy atom. The first-order valence-corrected chi connectivity index (χ1v) is 13.3. The van der Waals surface area contributed by atoms with Crippen molar-refractivity contribution >= 4 is 25.9 Å². The Morgan fingerprint density at radius 3 is 2.64 bits per heavy atom. The zero-order valence-corrected chi connectivity index (χ0v) is 22.1. The van der Waals surface area contributed by atoms with E-state index in [1.54, 1.807) is 57.2 Å². The maximum Gasteiger partial charge on any atom is 0.459 e. The van der Waals surface area contributed by atoms with Crippen LogP contribution in [-0.2, 0) is 23.4 Å². The van der Waals surface area contributed by atoms with Crippen LogP contribution in [0.1, 0.15) is 40.3 Å². The topological polar surface area (TPSA) is 141 Å². The lowest BCUT2D eigenvalue weighted by atomic mass is 10.0. The monoisotopic (exact) mass is 539 g/mol. The number of aromatic nitrogens is 2. The Hall–Kier alpha value is -2.92. The van der Waals surface area contributed by atoms with E-state index in [-0.39, 0.29) is 40.4 Å². The molecule has 0 aliphatic carbocycles. The predicted octanol–water partition coefficient (Wildman–Crippen LogP) is 4.36. The molecule has 1 aromatic heterocycles. The van der Waals surface area contributed by atoms with E-state index in [9.17, 15) is 19.3 Å². The molecule has 11 nitrogen and oxygen atoms in total. The lowest BCUT2D eigenvalue weighted by Gasteiger charge is -2.32. The maximum atomic E-state index is 13.6. The van der Waals surface area contributed by atoms with E-state index in [0.717, 1.165) is 0 Å². The first-order valence-electron chi connectivity index (χ1n) is 11.3. The molecule has 3 N–H and O–H groups in total. The molecule has 2 heterocycles. The highest BCUT2D eigenvalue weighted by Crippen LogP contribution is 2.46. The number of carbonyl (C=O) groups is 1. The Balaban J connectivity index is 1.81. The molecule has 1 aromatic carbocycles. The molecule has 3 rings (SSSR count). The van der Waals surface area contributed by atoms with Gasteiger partial charge in [-0.15, -0.1) is 0 Å². The van der Waals surface area contributed by atoms with Crippen molar-refractivity contribution in [1.29, 1.82) is 0 Å². The van der Waals surface area contributed by atoms with Crippen LogP contribution in [0.5, 0.6) is 5.75 Å². The molecule has 0 spiro atoms. The van der Waals surface area contributed by atoms with Gasteiger partial charge in [0.05, 0.1) is 6.10 Å². The van der Waals surface area contributed by atoms with Crippen LogP contribution in [0.25, 0.3) is 0 Å². The predicted molar refractivity (Wildman–Crippen MR) is 134 cm³/mol. The van der Waals surface area contributed by atoms with E-state index in [1.165, 1.54) is 17.7 Å². The number of carbonyl (C=O) groups excluding carboxylic acids is 1. The molecule has 0 saturated carbocycles. The number of allylic oxidation sites excluding steroid dienone is 1. The van der Waals surface area contributed by atoms with Crippen molar-refractivity contribution in [2.24, 2.45) is 5.92 Å². The lowest BCUT2D eigenvalue weighted by Crippen LogP contribution is -2.37. The van der Waals surface area contributed by atoms with Gasteiger partial charge in [-0.3, -0.25) is 18.9 Å². The number of para-hydroxylation sites is 1. The standard InChI is InChI=1S/C23H30N3O8PS/c1-14(2)32-22(28)16(4)25-35(30,34-17-8-6-5-7-9-17)31-13-19-18(27)12-15(3)21(33-19)26-11-10-20(36)24-23(26)29/h5-11,14-16,21,27H,12-13H2,1-4H3,(H,25,30)(H,24,29,36)/t15?,16-,21+,35?/m0/s1. The number of ether oxygens (including phenoxy) is 2. The minimum absolute atomic E-state index is 0.0245. The Labute approximate surface area is 213 Å². The van der Waals surface area contributed by atoms with Crippen molar-refractivity contribution in [2.45, 2.75) is 52.5 Å². The molecule has 4 atom stereocenters. The fourth-order valence-corrected chi connectivity index (χ4v) is 5.00. The van der Waals surface area contributed by atoms with Gasteiger partial charge in [0.2, 0.25) is 0 Å². The highest BCUT2D eigenvalue weighted by atomic mass is 32.1. The van der Waals surface area contributed by atoms with Gasteiger partial charge in [-0.25, -0.2) is 9.36 Å². The Kier molecular flexibility index (Phi) is 9.13. The molecule has 13 heteroatoms. The summed E-state index contributed by atoms with van der Waals surface area (Å²) in [6.07, 6.45) is 0.529. The number of hydrogen-bond donors (Lipinski definition) is 3. The normalized spacial score (nSPS) is 20.4. The van der Waals surface area contributed by atoms with E-state index < -0.39 is 38.3 Å². The summed E-state index contributed by atoms with van der Waals surface area (Å²) in [6, 6.07) is 8.79. The van der Waals surface area contributed by atoms with E-state index in [0.29, 0.717) is 0 Å². The number of aromatic amines is 1. The number of esters is 1. The van der Waals surface area contributed by atoms with Crippen molar-refractivity contribution < 1.29 is 33.0 Å². The number of nitrogens with one attached hydrogen (secondary N) is 2. The van der Waals surface area contributed by atoms with Crippen LogP contribution in [0.2, 0.25) is 0 Å². The largest absolute Gasteiger partial charge is 0.509 e. The first-order chi connectivity index (χ1) is 17.0. The average molecular weight is 540 g/mol. The molecule has 1 aliphatic heterocycles. The van der Waals surface area contributed by atoms with E-state index in [4.69, 9.17) is 30.7 Å². The summed E-state index contributed by atoms with van der Waals surface area (Å²) >= 11 is 4.98. The number of aliphatic hydroxyl groups is 1. The molecule has 196 valence electrons. The molecule has 0 amide bonds. The minimum atomic E-state index is -4.18. The molecule has 36 heavy (non-hydrogen) atoms.